The monoisotopic (exact) mass is 430 g/mol. The summed E-state index contributed by atoms with van der Waals surface area (Å²) in [5.41, 5.74) is 0.891. The molecule has 0 amide bonds. The van der Waals surface area contributed by atoms with Crippen molar-refractivity contribution in [2.45, 2.75) is 104 Å². The van der Waals surface area contributed by atoms with Crippen molar-refractivity contribution >= 4 is 14.1 Å². The van der Waals surface area contributed by atoms with Crippen molar-refractivity contribution in [2.75, 3.05) is 0 Å². The lowest BCUT2D eigenvalue weighted by Gasteiger charge is -2.51. The van der Waals surface area contributed by atoms with E-state index in [4.69, 9.17) is 4.43 Å². The van der Waals surface area contributed by atoms with Crippen LogP contribution in [0, 0.1) is 17.3 Å². The van der Waals surface area contributed by atoms with Crippen molar-refractivity contribution in [3.8, 4) is 0 Å². The molecule has 0 bridgehead atoms. The third-order valence-electron chi connectivity index (χ3n) is 8.38. The molecular weight excluding hydrogens is 388 g/mol. The van der Waals surface area contributed by atoms with E-state index < -0.39 is 19.5 Å². The van der Waals surface area contributed by atoms with Crippen molar-refractivity contribution in [1.29, 1.82) is 0 Å². The highest BCUT2D eigenvalue weighted by Crippen LogP contribution is 2.54. The van der Waals surface area contributed by atoms with Crippen LogP contribution in [0.15, 0.2) is 34.9 Å². The van der Waals surface area contributed by atoms with Crippen molar-refractivity contribution in [2.24, 2.45) is 17.3 Å². The van der Waals surface area contributed by atoms with E-state index in [1.54, 1.807) is 0 Å². The van der Waals surface area contributed by atoms with E-state index in [2.05, 4.69) is 80.6 Å². The Morgan fingerprint density at radius 1 is 1.10 bits per heavy atom. The molecule has 0 aromatic heterocycles. The fourth-order valence-electron chi connectivity index (χ4n) is 4.98. The van der Waals surface area contributed by atoms with Gasteiger partial charge in [-0.3, -0.25) is 4.79 Å². The van der Waals surface area contributed by atoms with Gasteiger partial charge in [0, 0.05) is 12.3 Å². The van der Waals surface area contributed by atoms with Crippen LogP contribution >= 0.6 is 0 Å². The van der Waals surface area contributed by atoms with E-state index >= 15 is 0 Å². The highest BCUT2D eigenvalue weighted by Gasteiger charge is 2.62. The smallest absolute Gasteiger partial charge is 0.200 e. The molecule has 3 aliphatic rings. The van der Waals surface area contributed by atoms with Gasteiger partial charge in [-0.1, -0.05) is 70.9 Å². The molecule has 4 heteroatoms. The van der Waals surface area contributed by atoms with Crippen molar-refractivity contribution in [3.63, 3.8) is 0 Å². The zero-order valence-corrected chi connectivity index (χ0v) is 21.8. The number of aliphatic hydroxyl groups is 1. The maximum atomic E-state index is 14.4. The predicted octanol–water partition coefficient (Wildman–Crippen LogP) is 6.36. The van der Waals surface area contributed by atoms with Crippen molar-refractivity contribution < 1.29 is 14.3 Å². The van der Waals surface area contributed by atoms with Crippen LogP contribution in [0.2, 0.25) is 18.1 Å². The van der Waals surface area contributed by atoms with Crippen LogP contribution in [0.1, 0.15) is 74.7 Å². The molecule has 3 rings (SSSR count). The molecule has 1 N–H and O–H groups in total. The molecule has 0 spiro atoms. The minimum Gasteiger partial charge on any atom is -0.403 e. The molecule has 3 nitrogen and oxygen atoms in total. The number of rotatable bonds is 2. The zero-order valence-electron chi connectivity index (χ0n) is 20.8. The molecule has 0 aromatic carbocycles. The summed E-state index contributed by atoms with van der Waals surface area (Å²) < 4.78 is 7.06. The van der Waals surface area contributed by atoms with Crippen LogP contribution in [0.3, 0.4) is 0 Å². The first kappa shape index (κ1) is 23.7. The third kappa shape index (κ3) is 3.63. The van der Waals surface area contributed by atoms with Crippen LogP contribution in [0.25, 0.3) is 0 Å². The largest absolute Gasteiger partial charge is 0.403 e. The van der Waals surface area contributed by atoms with Gasteiger partial charge in [-0.2, -0.15) is 0 Å². The lowest BCUT2D eigenvalue weighted by Crippen LogP contribution is -2.63. The summed E-state index contributed by atoms with van der Waals surface area (Å²) in [6, 6.07) is 0. The highest BCUT2D eigenvalue weighted by atomic mass is 28.4. The van der Waals surface area contributed by atoms with Gasteiger partial charge in [-0.05, 0) is 61.7 Å². The van der Waals surface area contributed by atoms with Gasteiger partial charge in [-0.15, -0.1) is 0 Å². The van der Waals surface area contributed by atoms with Gasteiger partial charge < -0.3 is 9.53 Å². The SMILES string of the molecule is CC1=C(C)C[C@]2(O[Si](C)(C)C(C)(C)C)C(=O)[C@@]3(O)C[C@@H](C(C)(C)C)C=C3C=C[C@@H]2C1. The van der Waals surface area contributed by atoms with E-state index in [0.717, 1.165) is 12.0 Å². The topological polar surface area (TPSA) is 46.5 Å². The summed E-state index contributed by atoms with van der Waals surface area (Å²) in [5.74, 6) is 0.0145. The van der Waals surface area contributed by atoms with E-state index in [-0.39, 0.29) is 28.1 Å². The normalized spacial score (nSPS) is 35.2. The van der Waals surface area contributed by atoms with Crippen LogP contribution < -0.4 is 0 Å². The summed E-state index contributed by atoms with van der Waals surface area (Å²) in [4.78, 5) is 14.4. The Hall–Kier alpha value is -0.973. The van der Waals surface area contributed by atoms with Gasteiger partial charge in [0.25, 0.3) is 0 Å². The Kier molecular flexibility index (Phi) is 5.54. The standard InChI is InChI=1S/C26H42O3Si/c1-17-13-20-12-11-19-14-21(23(3,4)5)16-25(19,28)22(27)26(20,15-18(17)2)29-30(9,10)24(6,7)8/h11-12,14,20-21,28H,13,15-16H2,1-10H3/t20-,21+,25-,26-/m1/s1. The van der Waals surface area contributed by atoms with E-state index in [0.29, 0.717) is 12.8 Å². The molecule has 0 fully saturated rings. The Bertz CT molecular complexity index is 833. The van der Waals surface area contributed by atoms with Crippen LogP contribution in [-0.2, 0) is 9.22 Å². The number of hydrogen-bond acceptors (Lipinski definition) is 3. The van der Waals surface area contributed by atoms with Gasteiger partial charge in [0.2, 0.25) is 0 Å². The molecule has 30 heavy (non-hydrogen) atoms. The van der Waals surface area contributed by atoms with Crippen molar-refractivity contribution in [1.82, 2.24) is 0 Å². The lowest BCUT2D eigenvalue weighted by molar-refractivity contribution is -0.156. The maximum Gasteiger partial charge on any atom is 0.200 e. The number of ketones is 1. The molecule has 0 aromatic rings. The first-order valence-corrected chi connectivity index (χ1v) is 14.4. The first-order chi connectivity index (χ1) is 13.4. The van der Waals surface area contributed by atoms with E-state index in [1.165, 1.54) is 11.1 Å². The van der Waals surface area contributed by atoms with Crippen LogP contribution in [0.4, 0.5) is 0 Å². The Morgan fingerprint density at radius 3 is 2.23 bits per heavy atom. The lowest BCUT2D eigenvalue weighted by atomic mass is 9.67. The molecule has 0 saturated heterocycles. The number of fused-ring (bicyclic) bond motifs is 2. The van der Waals surface area contributed by atoms with Gasteiger partial charge >= 0.3 is 0 Å². The first-order valence-electron chi connectivity index (χ1n) is 11.5. The quantitative estimate of drug-likeness (QED) is 0.410. The van der Waals surface area contributed by atoms with E-state index in [1.807, 2.05) is 6.08 Å². The molecule has 0 heterocycles. The molecule has 4 atom stereocenters. The number of hydrogen-bond donors (Lipinski definition) is 1. The Labute approximate surface area is 184 Å². The predicted molar refractivity (Wildman–Crippen MR) is 127 cm³/mol. The zero-order chi connectivity index (χ0) is 22.9. The summed E-state index contributed by atoms with van der Waals surface area (Å²) in [5, 5.41) is 11.9. The third-order valence-corrected chi connectivity index (χ3v) is 12.9. The maximum absolute atomic E-state index is 14.4. The van der Waals surface area contributed by atoms with Gasteiger partial charge in [0.15, 0.2) is 19.7 Å². The fourth-order valence-corrected chi connectivity index (χ4v) is 6.51. The second kappa shape index (κ2) is 7.01. The molecule has 0 aliphatic heterocycles. The number of carbonyl (C=O) groups is 1. The molecular formula is C26H42O3Si. The number of allylic oxidation sites excluding steroid dienone is 2. The average molecular weight is 431 g/mol. The molecule has 168 valence electrons. The molecule has 0 unspecified atom stereocenters. The minimum atomic E-state index is -2.26. The molecule has 3 aliphatic carbocycles. The average Bonchev–Trinajstić information content (AvgIpc) is 2.89. The van der Waals surface area contributed by atoms with Crippen molar-refractivity contribution in [3.05, 3.63) is 34.9 Å². The summed E-state index contributed by atoms with van der Waals surface area (Å²) >= 11 is 0. The second-order valence-electron chi connectivity index (χ2n) is 12.6. The Balaban J connectivity index is 2.16. The molecule has 0 radical (unpaired) electrons. The summed E-state index contributed by atoms with van der Waals surface area (Å²) in [7, 11) is -2.26. The van der Waals surface area contributed by atoms with Crippen LogP contribution in [0.5, 0.6) is 0 Å². The van der Waals surface area contributed by atoms with Gasteiger partial charge in [0.05, 0.1) is 0 Å². The summed E-state index contributed by atoms with van der Waals surface area (Å²) in [6.07, 6.45) is 8.17. The van der Waals surface area contributed by atoms with Gasteiger partial charge in [0.1, 0.15) is 5.60 Å². The number of carbonyl (C=O) groups excluding carboxylic acids is 1. The second-order valence-corrected chi connectivity index (χ2v) is 17.4. The molecule has 0 saturated carbocycles. The summed E-state index contributed by atoms with van der Waals surface area (Å²) in [6.45, 7) is 21.9. The Morgan fingerprint density at radius 2 is 1.70 bits per heavy atom. The number of Topliss-reactive ketones (excluding diaryl/α,β-unsaturated/α-hetero) is 1. The highest BCUT2D eigenvalue weighted by molar-refractivity contribution is 6.74. The van der Waals surface area contributed by atoms with Crippen LogP contribution in [-0.4, -0.2) is 30.4 Å². The van der Waals surface area contributed by atoms with Gasteiger partial charge in [-0.25, -0.2) is 0 Å². The fraction of sp³-hybridized carbons (Fsp3) is 0.731. The minimum absolute atomic E-state index is 0.00509. The van der Waals surface area contributed by atoms with E-state index in [9.17, 15) is 9.90 Å².